The van der Waals surface area contributed by atoms with E-state index in [-0.39, 0.29) is 12.5 Å². The number of rotatable bonds is 9. The number of nitrogens with zero attached hydrogens (tertiary/aromatic N) is 1. The Balaban J connectivity index is 1.54. The Morgan fingerprint density at radius 1 is 1.10 bits per heavy atom. The van der Waals surface area contributed by atoms with Gasteiger partial charge in [0.1, 0.15) is 11.5 Å². The van der Waals surface area contributed by atoms with Crippen LogP contribution in [-0.2, 0) is 4.79 Å². The molecule has 0 bridgehead atoms. The lowest BCUT2D eigenvalue weighted by atomic mass is 10.1. The molecule has 1 N–H and O–H groups in total. The van der Waals surface area contributed by atoms with E-state index in [0.717, 1.165) is 53.3 Å². The highest BCUT2D eigenvalue weighted by atomic mass is 32.1. The molecule has 29 heavy (non-hydrogen) atoms. The van der Waals surface area contributed by atoms with Crippen molar-refractivity contribution in [3.05, 3.63) is 59.0 Å². The molecular weight excluding hydrogens is 384 g/mol. The van der Waals surface area contributed by atoms with E-state index in [1.54, 1.807) is 0 Å². The fraction of sp³-hybridized carbons (Fsp3) is 0.304. The minimum Gasteiger partial charge on any atom is -0.494 e. The van der Waals surface area contributed by atoms with Gasteiger partial charge < -0.3 is 9.47 Å². The number of aromatic nitrogens is 1. The monoisotopic (exact) mass is 410 g/mol. The smallest absolute Gasteiger partial charge is 0.264 e. The molecule has 0 saturated carbocycles. The average Bonchev–Trinajstić information content (AvgIpc) is 3.18. The Bertz CT molecular complexity index is 951. The second-order valence-corrected chi connectivity index (χ2v) is 7.73. The zero-order valence-corrected chi connectivity index (χ0v) is 17.8. The third kappa shape index (κ3) is 6.06. The quantitative estimate of drug-likeness (QED) is 0.465. The summed E-state index contributed by atoms with van der Waals surface area (Å²) in [4.78, 5) is 16.7. The van der Waals surface area contributed by atoms with Crippen molar-refractivity contribution in [3.8, 4) is 22.8 Å². The van der Waals surface area contributed by atoms with Crippen molar-refractivity contribution in [2.75, 3.05) is 18.5 Å². The molecular formula is C23H26N2O3S. The number of ether oxygens (including phenoxy) is 2. The zero-order chi connectivity index (χ0) is 20.6. The van der Waals surface area contributed by atoms with Crippen LogP contribution in [0.15, 0.2) is 47.8 Å². The van der Waals surface area contributed by atoms with Gasteiger partial charge in [-0.3, -0.25) is 10.1 Å². The van der Waals surface area contributed by atoms with Crippen molar-refractivity contribution in [2.24, 2.45) is 0 Å². The SMILES string of the molecule is CCCCOc1ccc(-c2csc(NC(=O)COc3cc(C)ccc3C)n2)cc1. The van der Waals surface area contributed by atoms with Gasteiger partial charge in [-0.2, -0.15) is 0 Å². The standard InChI is InChI=1S/C23H26N2O3S/c1-4-5-12-27-19-10-8-18(9-11-19)20-15-29-23(24-20)25-22(26)14-28-21-13-16(2)6-7-17(21)3/h6-11,13,15H,4-5,12,14H2,1-3H3,(H,24,25,26). The van der Waals surface area contributed by atoms with Gasteiger partial charge in [-0.1, -0.05) is 25.5 Å². The van der Waals surface area contributed by atoms with Crippen LogP contribution in [0.4, 0.5) is 5.13 Å². The summed E-state index contributed by atoms with van der Waals surface area (Å²) < 4.78 is 11.3. The minimum absolute atomic E-state index is 0.0526. The van der Waals surface area contributed by atoms with Crippen LogP contribution in [0.25, 0.3) is 11.3 Å². The van der Waals surface area contributed by atoms with Gasteiger partial charge in [0, 0.05) is 10.9 Å². The summed E-state index contributed by atoms with van der Waals surface area (Å²) in [6, 6.07) is 13.8. The molecule has 0 fully saturated rings. The number of hydrogen-bond acceptors (Lipinski definition) is 5. The van der Waals surface area contributed by atoms with Gasteiger partial charge in [0.2, 0.25) is 0 Å². The first-order valence-electron chi connectivity index (χ1n) is 9.74. The second-order valence-electron chi connectivity index (χ2n) is 6.87. The fourth-order valence-electron chi connectivity index (χ4n) is 2.68. The number of benzene rings is 2. The Morgan fingerprint density at radius 2 is 1.90 bits per heavy atom. The predicted molar refractivity (Wildman–Crippen MR) is 118 cm³/mol. The van der Waals surface area contributed by atoms with Crippen LogP contribution in [0.2, 0.25) is 0 Å². The lowest BCUT2D eigenvalue weighted by molar-refractivity contribution is -0.118. The minimum atomic E-state index is -0.230. The van der Waals surface area contributed by atoms with Crippen LogP contribution in [-0.4, -0.2) is 24.1 Å². The first-order valence-corrected chi connectivity index (χ1v) is 10.6. The van der Waals surface area contributed by atoms with Crippen molar-refractivity contribution < 1.29 is 14.3 Å². The number of nitrogens with one attached hydrogen (secondary N) is 1. The normalized spacial score (nSPS) is 10.6. The number of unbranched alkanes of at least 4 members (excludes halogenated alkanes) is 1. The second kappa shape index (κ2) is 10.1. The van der Waals surface area contributed by atoms with Crippen molar-refractivity contribution in [3.63, 3.8) is 0 Å². The summed E-state index contributed by atoms with van der Waals surface area (Å²) in [6.07, 6.45) is 2.16. The van der Waals surface area contributed by atoms with Gasteiger partial charge in [0.25, 0.3) is 5.91 Å². The first kappa shape index (κ1) is 20.9. The van der Waals surface area contributed by atoms with E-state index < -0.39 is 0 Å². The van der Waals surface area contributed by atoms with E-state index >= 15 is 0 Å². The summed E-state index contributed by atoms with van der Waals surface area (Å²) in [5.74, 6) is 1.35. The van der Waals surface area contributed by atoms with Crippen molar-refractivity contribution in [1.29, 1.82) is 0 Å². The van der Waals surface area contributed by atoms with E-state index in [4.69, 9.17) is 9.47 Å². The Hall–Kier alpha value is -2.86. The van der Waals surface area contributed by atoms with E-state index in [9.17, 15) is 4.79 Å². The van der Waals surface area contributed by atoms with Crippen LogP contribution in [0.1, 0.15) is 30.9 Å². The summed E-state index contributed by atoms with van der Waals surface area (Å²) in [6.45, 7) is 6.77. The lowest BCUT2D eigenvalue weighted by Crippen LogP contribution is -2.20. The van der Waals surface area contributed by atoms with Crippen LogP contribution >= 0.6 is 11.3 Å². The number of aryl methyl sites for hydroxylation is 2. The van der Waals surface area contributed by atoms with E-state index in [1.165, 1.54) is 11.3 Å². The van der Waals surface area contributed by atoms with Crippen LogP contribution < -0.4 is 14.8 Å². The Kier molecular flexibility index (Phi) is 7.25. The number of carbonyl (C=O) groups excluding carboxylic acids is 1. The number of thiazole rings is 1. The highest BCUT2D eigenvalue weighted by Crippen LogP contribution is 2.26. The molecule has 1 heterocycles. The summed E-state index contributed by atoms with van der Waals surface area (Å²) >= 11 is 1.39. The van der Waals surface area contributed by atoms with E-state index in [2.05, 4.69) is 17.2 Å². The summed E-state index contributed by atoms with van der Waals surface area (Å²) in [5.41, 5.74) is 3.90. The maximum Gasteiger partial charge on any atom is 0.264 e. The third-order valence-corrected chi connectivity index (χ3v) is 5.13. The van der Waals surface area contributed by atoms with Gasteiger partial charge in [-0.05, 0) is 61.7 Å². The number of hydrogen-bond donors (Lipinski definition) is 1. The largest absolute Gasteiger partial charge is 0.494 e. The molecule has 0 radical (unpaired) electrons. The zero-order valence-electron chi connectivity index (χ0n) is 17.0. The highest BCUT2D eigenvalue weighted by Gasteiger charge is 2.10. The van der Waals surface area contributed by atoms with Gasteiger partial charge in [0.05, 0.1) is 12.3 Å². The molecule has 3 aromatic rings. The maximum absolute atomic E-state index is 12.2. The number of carbonyl (C=O) groups is 1. The Morgan fingerprint density at radius 3 is 2.66 bits per heavy atom. The fourth-order valence-corrected chi connectivity index (χ4v) is 3.42. The molecule has 0 aliphatic heterocycles. The van der Waals surface area contributed by atoms with Crippen molar-refractivity contribution >= 4 is 22.4 Å². The topological polar surface area (TPSA) is 60.5 Å². The first-order chi connectivity index (χ1) is 14.0. The van der Waals surface area contributed by atoms with Crippen LogP contribution in [0.5, 0.6) is 11.5 Å². The maximum atomic E-state index is 12.2. The molecule has 6 heteroatoms. The van der Waals surface area contributed by atoms with E-state index in [0.29, 0.717) is 5.13 Å². The predicted octanol–water partition coefficient (Wildman–Crippen LogP) is 5.62. The van der Waals surface area contributed by atoms with Crippen LogP contribution in [0, 0.1) is 13.8 Å². The molecule has 0 spiro atoms. The van der Waals surface area contributed by atoms with Gasteiger partial charge in [0.15, 0.2) is 11.7 Å². The van der Waals surface area contributed by atoms with Gasteiger partial charge in [-0.15, -0.1) is 11.3 Å². The molecule has 1 aromatic heterocycles. The molecule has 0 atom stereocenters. The van der Waals surface area contributed by atoms with Crippen molar-refractivity contribution in [1.82, 2.24) is 4.98 Å². The molecule has 5 nitrogen and oxygen atoms in total. The van der Waals surface area contributed by atoms with E-state index in [1.807, 2.05) is 61.7 Å². The highest BCUT2D eigenvalue weighted by molar-refractivity contribution is 7.14. The molecule has 152 valence electrons. The molecule has 0 saturated heterocycles. The molecule has 0 aliphatic carbocycles. The molecule has 2 aromatic carbocycles. The number of anilines is 1. The summed E-state index contributed by atoms with van der Waals surface area (Å²) in [5, 5.41) is 5.28. The molecule has 1 amide bonds. The Labute approximate surface area is 175 Å². The molecule has 3 rings (SSSR count). The molecule has 0 unspecified atom stereocenters. The summed E-state index contributed by atoms with van der Waals surface area (Å²) in [7, 11) is 0. The third-order valence-electron chi connectivity index (χ3n) is 4.37. The van der Waals surface area contributed by atoms with Gasteiger partial charge in [-0.25, -0.2) is 4.98 Å². The number of amides is 1. The average molecular weight is 411 g/mol. The van der Waals surface area contributed by atoms with Crippen LogP contribution in [0.3, 0.4) is 0 Å². The lowest BCUT2D eigenvalue weighted by Gasteiger charge is -2.09. The molecule has 0 aliphatic rings. The van der Waals surface area contributed by atoms with Gasteiger partial charge >= 0.3 is 0 Å². The van der Waals surface area contributed by atoms with Crippen molar-refractivity contribution in [2.45, 2.75) is 33.6 Å².